The summed E-state index contributed by atoms with van der Waals surface area (Å²) in [5, 5.41) is 12.5. The Balaban J connectivity index is 1.70. The second-order valence-electron chi connectivity index (χ2n) is 8.46. The van der Waals surface area contributed by atoms with Crippen LogP contribution >= 0.6 is 11.6 Å². The van der Waals surface area contributed by atoms with Gasteiger partial charge in [0.2, 0.25) is 0 Å². The van der Waals surface area contributed by atoms with E-state index in [4.69, 9.17) is 11.6 Å². The summed E-state index contributed by atoms with van der Waals surface area (Å²) < 4.78 is 0. The summed E-state index contributed by atoms with van der Waals surface area (Å²) >= 11 is 6.19. The Morgan fingerprint density at radius 3 is 1.50 bits per heavy atom. The lowest BCUT2D eigenvalue weighted by atomic mass is 9.70. The summed E-state index contributed by atoms with van der Waals surface area (Å²) in [4.78, 5) is 27.2. The number of amides is 2. The number of hydrogen-bond acceptors (Lipinski definition) is 4. The minimum Gasteiger partial charge on any atom is -0.272 e. The number of halogens is 1. The standard InChI is InChI=1S/C27H23ClN4O2/c1-31-26(33)22(24(29-31)18-9-5-3-6-10-18)21(17-13-15-20(28)16-14-17)23-25(30-32(2)27(23)34)19-11-7-4-8-12-19/h3-16,21-23H,1-2H3. The van der Waals surface area contributed by atoms with E-state index in [9.17, 15) is 9.59 Å². The van der Waals surface area contributed by atoms with Gasteiger partial charge in [-0.25, -0.2) is 10.0 Å². The molecule has 0 aliphatic carbocycles. The molecule has 0 spiro atoms. The second-order valence-corrected chi connectivity index (χ2v) is 8.90. The average Bonchev–Trinajstić information content (AvgIpc) is 3.32. The fourth-order valence-electron chi connectivity index (χ4n) is 4.78. The molecule has 0 radical (unpaired) electrons. The second kappa shape index (κ2) is 8.88. The van der Waals surface area contributed by atoms with Gasteiger partial charge in [-0.15, -0.1) is 0 Å². The first kappa shape index (κ1) is 22.0. The van der Waals surface area contributed by atoms with Crippen molar-refractivity contribution in [2.45, 2.75) is 5.92 Å². The molecule has 170 valence electrons. The van der Waals surface area contributed by atoms with Gasteiger partial charge in [-0.1, -0.05) is 84.4 Å². The highest BCUT2D eigenvalue weighted by atomic mass is 35.5. The Morgan fingerprint density at radius 1 is 0.676 bits per heavy atom. The summed E-state index contributed by atoms with van der Waals surface area (Å²) in [6, 6.07) is 26.6. The molecule has 3 aromatic carbocycles. The molecule has 7 heteroatoms. The lowest BCUT2D eigenvalue weighted by molar-refractivity contribution is -0.133. The van der Waals surface area contributed by atoms with Crippen LogP contribution in [0.3, 0.4) is 0 Å². The molecule has 2 aliphatic heterocycles. The third-order valence-corrected chi connectivity index (χ3v) is 6.64. The number of benzene rings is 3. The first-order chi connectivity index (χ1) is 16.5. The molecule has 0 bridgehead atoms. The van der Waals surface area contributed by atoms with Crippen LogP contribution in [-0.2, 0) is 9.59 Å². The highest BCUT2D eigenvalue weighted by Gasteiger charge is 2.50. The van der Waals surface area contributed by atoms with Crippen LogP contribution in [0.4, 0.5) is 0 Å². The molecule has 3 aromatic rings. The molecule has 2 amide bonds. The third kappa shape index (κ3) is 3.80. The zero-order chi connectivity index (χ0) is 23.8. The number of hydrogen-bond donors (Lipinski definition) is 0. The van der Waals surface area contributed by atoms with Crippen LogP contribution in [-0.4, -0.2) is 47.4 Å². The maximum Gasteiger partial charge on any atom is 0.252 e. The van der Waals surface area contributed by atoms with Gasteiger partial charge in [0, 0.05) is 25.0 Å². The van der Waals surface area contributed by atoms with Crippen LogP contribution < -0.4 is 0 Å². The van der Waals surface area contributed by atoms with Gasteiger partial charge in [0.25, 0.3) is 11.8 Å². The van der Waals surface area contributed by atoms with Crippen LogP contribution in [0, 0.1) is 11.8 Å². The first-order valence-corrected chi connectivity index (χ1v) is 11.4. The minimum absolute atomic E-state index is 0.159. The van der Waals surface area contributed by atoms with Gasteiger partial charge in [0.05, 0.1) is 23.3 Å². The highest BCUT2D eigenvalue weighted by Crippen LogP contribution is 2.43. The van der Waals surface area contributed by atoms with Crippen molar-refractivity contribution in [3.8, 4) is 0 Å². The molecule has 2 heterocycles. The van der Waals surface area contributed by atoms with E-state index >= 15 is 0 Å². The van der Waals surface area contributed by atoms with Crippen molar-refractivity contribution in [2.24, 2.45) is 22.0 Å². The van der Waals surface area contributed by atoms with Gasteiger partial charge in [0.15, 0.2) is 0 Å². The normalized spacial score (nSPS) is 21.0. The van der Waals surface area contributed by atoms with Gasteiger partial charge >= 0.3 is 0 Å². The predicted octanol–water partition coefficient (Wildman–Crippen LogP) is 4.41. The quantitative estimate of drug-likeness (QED) is 0.554. The predicted molar refractivity (Wildman–Crippen MR) is 133 cm³/mol. The zero-order valence-corrected chi connectivity index (χ0v) is 19.6. The van der Waals surface area contributed by atoms with Gasteiger partial charge in [0.1, 0.15) is 0 Å². The Labute approximate surface area is 203 Å². The molecule has 34 heavy (non-hydrogen) atoms. The molecule has 0 aromatic heterocycles. The van der Waals surface area contributed by atoms with Crippen LogP contribution in [0.1, 0.15) is 22.6 Å². The van der Waals surface area contributed by atoms with E-state index in [-0.39, 0.29) is 11.8 Å². The van der Waals surface area contributed by atoms with Gasteiger partial charge in [-0.2, -0.15) is 10.2 Å². The number of carbonyl (C=O) groups excluding carboxylic acids is 2. The van der Waals surface area contributed by atoms with E-state index in [2.05, 4.69) is 10.2 Å². The van der Waals surface area contributed by atoms with Crippen molar-refractivity contribution in [1.29, 1.82) is 0 Å². The summed E-state index contributed by atoms with van der Waals surface area (Å²) in [5.74, 6) is -2.17. The lowest BCUT2D eigenvalue weighted by Gasteiger charge is -2.29. The topological polar surface area (TPSA) is 65.3 Å². The zero-order valence-electron chi connectivity index (χ0n) is 18.8. The molecular formula is C27H23ClN4O2. The average molecular weight is 471 g/mol. The smallest absolute Gasteiger partial charge is 0.252 e. The van der Waals surface area contributed by atoms with Gasteiger partial charge in [-0.3, -0.25) is 9.59 Å². The maximum atomic E-state index is 13.6. The SMILES string of the molecule is CN1N=C(c2ccccc2)C(C(c2ccc(Cl)cc2)C2C(=O)N(C)N=C2c2ccccc2)C1=O. The Kier molecular flexibility index (Phi) is 5.75. The number of hydrazone groups is 2. The summed E-state index contributed by atoms with van der Waals surface area (Å²) in [5.41, 5.74) is 3.81. The van der Waals surface area contributed by atoms with Crippen LogP contribution in [0.15, 0.2) is 95.1 Å². The molecule has 5 rings (SSSR count). The van der Waals surface area contributed by atoms with E-state index in [1.54, 1.807) is 26.2 Å². The summed E-state index contributed by atoms with van der Waals surface area (Å²) in [7, 11) is 3.30. The van der Waals surface area contributed by atoms with Crippen molar-refractivity contribution in [2.75, 3.05) is 14.1 Å². The van der Waals surface area contributed by atoms with Crippen LogP contribution in [0.2, 0.25) is 5.02 Å². The minimum atomic E-state index is -0.664. The van der Waals surface area contributed by atoms with Gasteiger partial charge in [-0.05, 0) is 28.8 Å². The molecule has 0 N–H and O–H groups in total. The van der Waals surface area contributed by atoms with Crippen LogP contribution in [0.5, 0.6) is 0 Å². The van der Waals surface area contributed by atoms with Crippen molar-refractivity contribution in [3.63, 3.8) is 0 Å². The van der Waals surface area contributed by atoms with E-state index in [1.807, 2.05) is 72.8 Å². The van der Waals surface area contributed by atoms with E-state index in [0.29, 0.717) is 16.4 Å². The molecule has 0 saturated carbocycles. The molecule has 2 unspecified atom stereocenters. The highest BCUT2D eigenvalue weighted by molar-refractivity contribution is 6.30. The van der Waals surface area contributed by atoms with Crippen molar-refractivity contribution >= 4 is 34.8 Å². The van der Waals surface area contributed by atoms with E-state index in [0.717, 1.165) is 16.7 Å². The summed E-state index contributed by atoms with van der Waals surface area (Å²) in [6.45, 7) is 0. The third-order valence-electron chi connectivity index (χ3n) is 6.39. The van der Waals surface area contributed by atoms with Crippen molar-refractivity contribution < 1.29 is 9.59 Å². The molecule has 2 aliphatic rings. The molecule has 2 atom stereocenters. The Morgan fingerprint density at radius 2 is 1.09 bits per heavy atom. The first-order valence-electron chi connectivity index (χ1n) is 11.0. The number of rotatable bonds is 5. The summed E-state index contributed by atoms with van der Waals surface area (Å²) in [6.07, 6.45) is 0. The molecule has 0 saturated heterocycles. The fraction of sp³-hybridized carbons (Fsp3) is 0.185. The molecule has 6 nitrogen and oxygen atoms in total. The number of nitrogens with zero attached hydrogens (tertiary/aromatic N) is 4. The van der Waals surface area contributed by atoms with Crippen molar-refractivity contribution in [1.82, 2.24) is 10.0 Å². The van der Waals surface area contributed by atoms with Gasteiger partial charge < -0.3 is 0 Å². The molecule has 0 fully saturated rings. The van der Waals surface area contributed by atoms with Crippen molar-refractivity contribution in [3.05, 3.63) is 107 Å². The lowest BCUT2D eigenvalue weighted by Crippen LogP contribution is -2.40. The number of carbonyl (C=O) groups is 2. The molecular weight excluding hydrogens is 448 g/mol. The monoisotopic (exact) mass is 470 g/mol. The van der Waals surface area contributed by atoms with E-state index in [1.165, 1.54) is 10.0 Å². The Bertz CT molecular complexity index is 1210. The van der Waals surface area contributed by atoms with E-state index < -0.39 is 17.8 Å². The Hall–Kier alpha value is -3.77. The largest absolute Gasteiger partial charge is 0.272 e. The van der Waals surface area contributed by atoms with Crippen LogP contribution in [0.25, 0.3) is 0 Å². The fourth-order valence-corrected chi connectivity index (χ4v) is 4.91. The maximum absolute atomic E-state index is 13.6.